The van der Waals surface area contributed by atoms with E-state index < -0.39 is 0 Å². The molecule has 4 nitrogen and oxygen atoms in total. The first-order valence-electron chi connectivity index (χ1n) is 7.14. The van der Waals surface area contributed by atoms with Crippen LogP contribution in [0.2, 0.25) is 0 Å². The second-order valence-corrected chi connectivity index (χ2v) is 5.21. The fourth-order valence-corrected chi connectivity index (χ4v) is 2.09. The third-order valence-electron chi connectivity index (χ3n) is 3.37. The zero-order chi connectivity index (χ0) is 15.5. The maximum absolute atomic E-state index is 5.97. The van der Waals surface area contributed by atoms with Crippen molar-refractivity contribution in [2.75, 3.05) is 0 Å². The Morgan fingerprint density at radius 3 is 2.41 bits per heavy atom. The smallest absolute Gasteiger partial charge is 0.222 e. The van der Waals surface area contributed by atoms with Gasteiger partial charge in [-0.25, -0.2) is 15.0 Å². The van der Waals surface area contributed by atoms with Crippen LogP contribution in [0.3, 0.4) is 0 Å². The van der Waals surface area contributed by atoms with E-state index in [2.05, 4.69) is 15.0 Å². The Morgan fingerprint density at radius 2 is 1.64 bits per heavy atom. The normalized spacial score (nSPS) is 10.5. The van der Waals surface area contributed by atoms with Crippen molar-refractivity contribution in [3.05, 3.63) is 65.5 Å². The number of nitrogens with zero attached hydrogens (tertiary/aromatic N) is 3. The molecular weight excluding hydrogens is 274 g/mol. The molecule has 3 rings (SSSR count). The summed E-state index contributed by atoms with van der Waals surface area (Å²) in [5, 5.41) is 0. The number of aryl methyl sites for hydroxylation is 3. The van der Waals surface area contributed by atoms with Crippen LogP contribution in [0, 0.1) is 20.8 Å². The summed E-state index contributed by atoms with van der Waals surface area (Å²) in [7, 11) is 0. The van der Waals surface area contributed by atoms with Crippen LogP contribution in [0.5, 0.6) is 11.6 Å². The SMILES string of the molecule is Cc1ccnc(-c2ccc(C)c(Oc3ccccc3C)n2)n1. The van der Waals surface area contributed by atoms with Crippen molar-refractivity contribution in [3.8, 4) is 23.1 Å². The molecule has 1 aromatic carbocycles. The summed E-state index contributed by atoms with van der Waals surface area (Å²) in [5.41, 5.74) is 3.66. The molecule has 3 aromatic rings. The molecule has 0 atom stereocenters. The molecule has 0 N–H and O–H groups in total. The number of aromatic nitrogens is 3. The van der Waals surface area contributed by atoms with E-state index in [9.17, 15) is 0 Å². The van der Waals surface area contributed by atoms with Gasteiger partial charge in [-0.1, -0.05) is 24.3 Å². The Hall–Kier alpha value is -2.75. The number of rotatable bonds is 3. The van der Waals surface area contributed by atoms with E-state index in [-0.39, 0.29) is 0 Å². The summed E-state index contributed by atoms with van der Waals surface area (Å²) in [6, 6.07) is 13.6. The van der Waals surface area contributed by atoms with Gasteiger partial charge in [-0.05, 0) is 44.5 Å². The third-order valence-corrected chi connectivity index (χ3v) is 3.37. The van der Waals surface area contributed by atoms with Crippen LogP contribution in [-0.4, -0.2) is 15.0 Å². The quantitative estimate of drug-likeness (QED) is 0.723. The van der Waals surface area contributed by atoms with E-state index in [1.165, 1.54) is 0 Å². The summed E-state index contributed by atoms with van der Waals surface area (Å²) >= 11 is 0. The predicted molar refractivity (Wildman–Crippen MR) is 86.0 cm³/mol. The average Bonchev–Trinajstić information content (AvgIpc) is 2.51. The Labute approximate surface area is 129 Å². The van der Waals surface area contributed by atoms with Gasteiger partial charge in [-0.2, -0.15) is 0 Å². The standard InChI is InChI=1S/C18H17N3O/c1-12-6-4-5-7-16(12)22-18-13(2)8-9-15(21-18)17-19-11-10-14(3)20-17/h4-11H,1-3H3. The van der Waals surface area contributed by atoms with E-state index in [1.807, 2.05) is 63.2 Å². The second-order valence-electron chi connectivity index (χ2n) is 5.21. The maximum atomic E-state index is 5.97. The summed E-state index contributed by atoms with van der Waals surface area (Å²) in [5.74, 6) is 1.99. The Balaban J connectivity index is 1.99. The van der Waals surface area contributed by atoms with Gasteiger partial charge >= 0.3 is 0 Å². The highest BCUT2D eigenvalue weighted by Crippen LogP contribution is 2.27. The number of para-hydroxylation sites is 1. The van der Waals surface area contributed by atoms with Crippen LogP contribution in [0.25, 0.3) is 11.5 Å². The predicted octanol–water partition coefficient (Wildman–Crippen LogP) is 4.26. The minimum atomic E-state index is 0.580. The Kier molecular flexibility index (Phi) is 3.83. The molecule has 0 aliphatic carbocycles. The van der Waals surface area contributed by atoms with Gasteiger partial charge in [-0.3, -0.25) is 0 Å². The number of ether oxygens (including phenoxy) is 1. The van der Waals surface area contributed by atoms with E-state index in [1.54, 1.807) is 6.20 Å². The number of hydrogen-bond donors (Lipinski definition) is 0. The summed E-state index contributed by atoms with van der Waals surface area (Å²) in [6.45, 7) is 5.92. The lowest BCUT2D eigenvalue weighted by Gasteiger charge is -2.11. The molecule has 22 heavy (non-hydrogen) atoms. The minimum Gasteiger partial charge on any atom is -0.438 e. The lowest BCUT2D eigenvalue weighted by Crippen LogP contribution is -1.97. The molecule has 110 valence electrons. The highest BCUT2D eigenvalue weighted by atomic mass is 16.5. The van der Waals surface area contributed by atoms with Gasteiger partial charge in [0.05, 0.1) is 0 Å². The Morgan fingerprint density at radius 1 is 0.818 bits per heavy atom. The van der Waals surface area contributed by atoms with E-state index >= 15 is 0 Å². The van der Waals surface area contributed by atoms with Crippen molar-refractivity contribution in [1.82, 2.24) is 15.0 Å². The van der Waals surface area contributed by atoms with Gasteiger partial charge < -0.3 is 4.74 Å². The van der Waals surface area contributed by atoms with Crippen LogP contribution in [0.4, 0.5) is 0 Å². The van der Waals surface area contributed by atoms with Gasteiger partial charge in [0.15, 0.2) is 5.82 Å². The topological polar surface area (TPSA) is 47.9 Å². The first kappa shape index (κ1) is 14.2. The monoisotopic (exact) mass is 291 g/mol. The fraction of sp³-hybridized carbons (Fsp3) is 0.167. The first-order valence-corrected chi connectivity index (χ1v) is 7.14. The third kappa shape index (κ3) is 2.96. The van der Waals surface area contributed by atoms with Gasteiger partial charge in [0.2, 0.25) is 5.88 Å². The molecule has 2 aromatic heterocycles. The summed E-state index contributed by atoms with van der Waals surface area (Å²) in [4.78, 5) is 13.3. The largest absolute Gasteiger partial charge is 0.438 e. The number of pyridine rings is 1. The zero-order valence-corrected chi connectivity index (χ0v) is 12.9. The molecule has 0 saturated carbocycles. The number of benzene rings is 1. The van der Waals surface area contributed by atoms with Gasteiger partial charge in [0, 0.05) is 17.5 Å². The Bertz CT molecular complexity index is 815. The van der Waals surface area contributed by atoms with E-state index in [0.29, 0.717) is 17.4 Å². The molecule has 0 unspecified atom stereocenters. The van der Waals surface area contributed by atoms with Crippen molar-refractivity contribution >= 4 is 0 Å². The first-order chi connectivity index (χ1) is 10.6. The molecule has 0 aliphatic rings. The molecule has 0 fully saturated rings. The molecule has 2 heterocycles. The van der Waals surface area contributed by atoms with E-state index in [4.69, 9.17) is 4.74 Å². The lowest BCUT2D eigenvalue weighted by molar-refractivity contribution is 0.456. The van der Waals surface area contributed by atoms with Gasteiger partial charge in [-0.15, -0.1) is 0 Å². The van der Waals surface area contributed by atoms with E-state index in [0.717, 1.165) is 22.6 Å². The van der Waals surface area contributed by atoms with Crippen molar-refractivity contribution in [1.29, 1.82) is 0 Å². The molecular formula is C18H17N3O. The molecule has 0 saturated heterocycles. The second kappa shape index (κ2) is 5.93. The van der Waals surface area contributed by atoms with Gasteiger partial charge in [0.25, 0.3) is 0 Å². The summed E-state index contributed by atoms with van der Waals surface area (Å²) in [6.07, 6.45) is 1.74. The van der Waals surface area contributed by atoms with Crippen molar-refractivity contribution < 1.29 is 4.74 Å². The molecule has 0 radical (unpaired) electrons. The molecule has 0 aliphatic heterocycles. The highest BCUT2D eigenvalue weighted by molar-refractivity contribution is 5.52. The van der Waals surface area contributed by atoms with Crippen LogP contribution in [0.15, 0.2) is 48.7 Å². The lowest BCUT2D eigenvalue weighted by atomic mass is 10.2. The molecule has 0 amide bonds. The minimum absolute atomic E-state index is 0.580. The van der Waals surface area contributed by atoms with Crippen LogP contribution < -0.4 is 4.74 Å². The van der Waals surface area contributed by atoms with Crippen molar-refractivity contribution in [3.63, 3.8) is 0 Å². The van der Waals surface area contributed by atoms with Crippen LogP contribution in [-0.2, 0) is 0 Å². The zero-order valence-electron chi connectivity index (χ0n) is 12.9. The highest BCUT2D eigenvalue weighted by Gasteiger charge is 2.10. The van der Waals surface area contributed by atoms with Crippen LogP contribution in [0.1, 0.15) is 16.8 Å². The molecule has 0 spiro atoms. The molecule has 4 heteroatoms. The average molecular weight is 291 g/mol. The molecule has 0 bridgehead atoms. The van der Waals surface area contributed by atoms with Gasteiger partial charge in [0.1, 0.15) is 11.4 Å². The maximum Gasteiger partial charge on any atom is 0.222 e. The van der Waals surface area contributed by atoms with Crippen molar-refractivity contribution in [2.45, 2.75) is 20.8 Å². The summed E-state index contributed by atoms with van der Waals surface area (Å²) < 4.78 is 5.97. The number of hydrogen-bond acceptors (Lipinski definition) is 4. The van der Waals surface area contributed by atoms with Crippen LogP contribution >= 0.6 is 0 Å². The van der Waals surface area contributed by atoms with Crippen molar-refractivity contribution in [2.24, 2.45) is 0 Å². The fourth-order valence-electron chi connectivity index (χ4n) is 2.09.